The molecule has 0 bridgehead atoms. The number of benzene rings is 1. The van der Waals surface area contributed by atoms with Crippen LogP contribution in [0.1, 0.15) is 0 Å². The summed E-state index contributed by atoms with van der Waals surface area (Å²) in [6.45, 7) is 0. The summed E-state index contributed by atoms with van der Waals surface area (Å²) >= 11 is 6.61. The number of terminal acetylenes is 1. The van der Waals surface area contributed by atoms with Crippen LogP contribution in [0, 0.1) is 12.5 Å². The van der Waals surface area contributed by atoms with Gasteiger partial charge in [0, 0.05) is 4.47 Å². The maximum Gasteiger partial charge on any atom is 0.154 e. The van der Waals surface area contributed by atoms with Crippen LogP contribution < -0.4 is 4.74 Å². The molecule has 1 aromatic carbocycles. The fourth-order valence-electron chi connectivity index (χ4n) is 0.621. The van der Waals surface area contributed by atoms with Crippen molar-refractivity contribution in [1.82, 2.24) is 0 Å². The summed E-state index contributed by atoms with van der Waals surface area (Å²) < 4.78 is 6.67. The molecular weight excluding hydrogens is 272 g/mol. The topological polar surface area (TPSA) is 9.23 Å². The van der Waals surface area contributed by atoms with Crippen molar-refractivity contribution in [3.05, 3.63) is 27.1 Å². The average molecular weight is 276 g/mol. The highest BCUT2D eigenvalue weighted by Gasteiger charge is 1.99. The van der Waals surface area contributed by atoms with Crippen molar-refractivity contribution in [2.45, 2.75) is 0 Å². The molecule has 0 radical (unpaired) electrons. The van der Waals surface area contributed by atoms with E-state index in [1.54, 1.807) is 6.07 Å². The number of halogens is 2. The van der Waals surface area contributed by atoms with Gasteiger partial charge in [-0.3, -0.25) is 0 Å². The molecule has 1 nitrogen and oxygen atoms in total. The molecule has 0 aliphatic carbocycles. The molecule has 1 aromatic rings. The largest absolute Gasteiger partial charge is 0.407 e. The lowest BCUT2D eigenvalue weighted by atomic mass is 10.3. The predicted molar refractivity (Wildman–Crippen MR) is 51.3 cm³/mol. The van der Waals surface area contributed by atoms with E-state index in [0.717, 1.165) is 8.95 Å². The van der Waals surface area contributed by atoms with Gasteiger partial charge in [-0.15, -0.1) is 0 Å². The van der Waals surface area contributed by atoms with Crippen LogP contribution >= 0.6 is 31.9 Å². The Morgan fingerprint density at radius 1 is 1.36 bits per heavy atom. The highest BCUT2D eigenvalue weighted by molar-refractivity contribution is 9.11. The molecular formula is C8H4Br2O. The van der Waals surface area contributed by atoms with Crippen molar-refractivity contribution in [3.63, 3.8) is 0 Å². The second kappa shape index (κ2) is 3.80. The Bertz CT molecular complexity index is 301. The summed E-state index contributed by atoms with van der Waals surface area (Å²) in [5.41, 5.74) is 0. The number of hydrogen-bond acceptors (Lipinski definition) is 1. The molecule has 0 saturated carbocycles. The molecule has 0 fully saturated rings. The van der Waals surface area contributed by atoms with E-state index in [0.29, 0.717) is 5.75 Å². The van der Waals surface area contributed by atoms with E-state index in [1.165, 1.54) is 0 Å². The molecule has 0 spiro atoms. The Labute approximate surface area is 82.0 Å². The third-order valence-corrected chi connectivity index (χ3v) is 2.18. The second-order valence-corrected chi connectivity index (χ2v) is 3.56. The molecule has 0 amide bonds. The minimum absolute atomic E-state index is 0.649. The first-order chi connectivity index (χ1) is 5.24. The third kappa shape index (κ3) is 2.25. The number of rotatable bonds is 1. The highest BCUT2D eigenvalue weighted by Crippen LogP contribution is 2.27. The zero-order valence-electron chi connectivity index (χ0n) is 5.47. The van der Waals surface area contributed by atoms with Crippen molar-refractivity contribution in [2.75, 3.05) is 0 Å². The van der Waals surface area contributed by atoms with Crippen LogP contribution in [-0.2, 0) is 0 Å². The Morgan fingerprint density at radius 2 is 2.09 bits per heavy atom. The molecule has 0 saturated heterocycles. The molecule has 56 valence electrons. The van der Waals surface area contributed by atoms with Gasteiger partial charge in [-0.25, -0.2) is 0 Å². The fourth-order valence-corrected chi connectivity index (χ4v) is 1.75. The van der Waals surface area contributed by atoms with E-state index in [1.807, 2.05) is 12.1 Å². The van der Waals surface area contributed by atoms with Gasteiger partial charge >= 0.3 is 0 Å². The van der Waals surface area contributed by atoms with E-state index < -0.39 is 0 Å². The lowest BCUT2D eigenvalue weighted by Crippen LogP contribution is -1.82. The fraction of sp³-hybridized carbons (Fsp3) is 0. The molecule has 3 heteroatoms. The maximum absolute atomic E-state index is 4.96. The highest BCUT2D eigenvalue weighted by atomic mass is 79.9. The molecule has 0 aromatic heterocycles. The lowest BCUT2D eigenvalue weighted by Gasteiger charge is -1.99. The number of hydrogen-bond donors (Lipinski definition) is 0. The van der Waals surface area contributed by atoms with Gasteiger partial charge in [-0.05, 0) is 34.1 Å². The van der Waals surface area contributed by atoms with Crippen LogP contribution in [0.4, 0.5) is 0 Å². The molecule has 0 aliphatic heterocycles. The van der Waals surface area contributed by atoms with Crippen LogP contribution in [0.15, 0.2) is 27.1 Å². The Kier molecular flexibility index (Phi) is 2.98. The first kappa shape index (κ1) is 8.63. The summed E-state index contributed by atoms with van der Waals surface area (Å²) in [7, 11) is 0. The Morgan fingerprint density at radius 3 is 2.64 bits per heavy atom. The summed E-state index contributed by atoms with van der Waals surface area (Å²) in [5.74, 6) is 0.649. The average Bonchev–Trinajstić information content (AvgIpc) is 1.95. The maximum atomic E-state index is 4.96. The van der Waals surface area contributed by atoms with E-state index in [4.69, 9.17) is 11.2 Å². The molecule has 11 heavy (non-hydrogen) atoms. The first-order valence-corrected chi connectivity index (χ1v) is 4.40. The van der Waals surface area contributed by atoms with Crippen molar-refractivity contribution in [3.8, 4) is 18.3 Å². The standard InChI is InChI=1S/C8H4Br2O/c1-2-11-8-4-3-6(9)5-7(8)10/h1,3-5H. The van der Waals surface area contributed by atoms with Crippen LogP contribution in [0.2, 0.25) is 0 Å². The van der Waals surface area contributed by atoms with Gasteiger partial charge in [0.2, 0.25) is 0 Å². The predicted octanol–water partition coefficient (Wildman–Crippen LogP) is 3.18. The summed E-state index contributed by atoms with van der Waals surface area (Å²) in [6, 6.07) is 5.51. The van der Waals surface area contributed by atoms with E-state index in [-0.39, 0.29) is 0 Å². The smallest absolute Gasteiger partial charge is 0.154 e. The SMILES string of the molecule is C#COc1ccc(Br)cc1Br. The summed E-state index contributed by atoms with van der Waals surface area (Å²) in [6.07, 6.45) is 7.06. The minimum atomic E-state index is 0.649. The summed E-state index contributed by atoms with van der Waals surface area (Å²) in [4.78, 5) is 0. The van der Waals surface area contributed by atoms with Crippen LogP contribution in [0.25, 0.3) is 0 Å². The molecule has 1 rings (SSSR count). The third-order valence-electron chi connectivity index (χ3n) is 1.06. The monoisotopic (exact) mass is 274 g/mol. The molecule has 0 N–H and O–H groups in total. The Balaban J connectivity index is 3.01. The zero-order chi connectivity index (χ0) is 8.27. The number of ether oxygens (including phenoxy) is 1. The van der Waals surface area contributed by atoms with Crippen molar-refractivity contribution in [2.24, 2.45) is 0 Å². The molecule has 0 aliphatic rings. The molecule has 0 atom stereocenters. The first-order valence-electron chi connectivity index (χ1n) is 2.81. The van der Waals surface area contributed by atoms with Crippen LogP contribution in [0.3, 0.4) is 0 Å². The quantitative estimate of drug-likeness (QED) is 0.716. The van der Waals surface area contributed by atoms with Gasteiger partial charge in [0.1, 0.15) is 6.11 Å². The van der Waals surface area contributed by atoms with Crippen LogP contribution in [0.5, 0.6) is 5.75 Å². The lowest BCUT2D eigenvalue weighted by molar-refractivity contribution is 0.517. The normalized spacial score (nSPS) is 8.82. The van der Waals surface area contributed by atoms with Gasteiger partial charge < -0.3 is 4.74 Å². The van der Waals surface area contributed by atoms with E-state index >= 15 is 0 Å². The van der Waals surface area contributed by atoms with Crippen LogP contribution in [-0.4, -0.2) is 0 Å². The van der Waals surface area contributed by atoms with E-state index in [2.05, 4.69) is 38.0 Å². The molecule has 0 heterocycles. The van der Waals surface area contributed by atoms with E-state index in [9.17, 15) is 0 Å². The minimum Gasteiger partial charge on any atom is -0.407 e. The molecule has 0 unspecified atom stereocenters. The van der Waals surface area contributed by atoms with Gasteiger partial charge in [0.25, 0.3) is 0 Å². The summed E-state index contributed by atoms with van der Waals surface area (Å²) in [5, 5.41) is 0. The zero-order valence-corrected chi connectivity index (χ0v) is 8.65. The van der Waals surface area contributed by atoms with Crippen molar-refractivity contribution < 1.29 is 4.74 Å². The van der Waals surface area contributed by atoms with Crippen molar-refractivity contribution >= 4 is 31.9 Å². The van der Waals surface area contributed by atoms with Gasteiger partial charge in [-0.1, -0.05) is 22.4 Å². The van der Waals surface area contributed by atoms with Gasteiger partial charge in [0.15, 0.2) is 5.75 Å². The van der Waals surface area contributed by atoms with Gasteiger partial charge in [-0.2, -0.15) is 0 Å². The van der Waals surface area contributed by atoms with Crippen molar-refractivity contribution in [1.29, 1.82) is 0 Å². The van der Waals surface area contributed by atoms with Gasteiger partial charge in [0.05, 0.1) is 4.47 Å². The Hall–Kier alpha value is -0.460. The second-order valence-electron chi connectivity index (χ2n) is 1.79.